The van der Waals surface area contributed by atoms with Gasteiger partial charge in [0.2, 0.25) is 0 Å². The largest absolute Gasteiger partial charge is 0.367 e. The van der Waals surface area contributed by atoms with Crippen molar-refractivity contribution in [3.8, 4) is 0 Å². The first-order valence-electron chi connectivity index (χ1n) is 6.37. The van der Waals surface area contributed by atoms with Crippen molar-refractivity contribution < 1.29 is 4.79 Å². The number of carbonyl (C=O) groups excluding carboxylic acids is 1. The third kappa shape index (κ3) is 3.20. The van der Waals surface area contributed by atoms with Crippen molar-refractivity contribution in [1.82, 2.24) is 15.6 Å². The van der Waals surface area contributed by atoms with E-state index in [1.54, 1.807) is 18.3 Å². The highest BCUT2D eigenvalue weighted by Gasteiger charge is 2.19. The van der Waals surface area contributed by atoms with Gasteiger partial charge in [0.1, 0.15) is 5.82 Å². The Morgan fingerprint density at radius 1 is 1.56 bits per heavy atom. The van der Waals surface area contributed by atoms with Crippen LogP contribution < -0.4 is 16.0 Å². The summed E-state index contributed by atoms with van der Waals surface area (Å²) in [6.45, 7) is 6.75. The van der Waals surface area contributed by atoms with E-state index in [4.69, 9.17) is 0 Å². The SMILES string of the molecule is CC(C)Nc1ncccc1C(=O)NCC1CNC1. The Kier molecular flexibility index (Phi) is 4.15. The summed E-state index contributed by atoms with van der Waals surface area (Å²) < 4.78 is 0. The minimum absolute atomic E-state index is 0.0573. The second kappa shape index (κ2) is 5.82. The molecule has 98 valence electrons. The van der Waals surface area contributed by atoms with Crippen LogP contribution >= 0.6 is 0 Å². The fourth-order valence-electron chi connectivity index (χ4n) is 1.80. The Morgan fingerprint density at radius 2 is 2.33 bits per heavy atom. The molecule has 18 heavy (non-hydrogen) atoms. The van der Waals surface area contributed by atoms with Gasteiger partial charge in [-0.05, 0) is 26.0 Å². The summed E-state index contributed by atoms with van der Waals surface area (Å²) in [6, 6.07) is 3.83. The highest BCUT2D eigenvalue weighted by Crippen LogP contribution is 2.12. The number of hydrogen-bond donors (Lipinski definition) is 3. The molecule has 1 aliphatic rings. The topological polar surface area (TPSA) is 66.0 Å². The molecule has 3 N–H and O–H groups in total. The zero-order valence-corrected chi connectivity index (χ0v) is 10.9. The molecule has 0 radical (unpaired) electrons. The van der Waals surface area contributed by atoms with E-state index < -0.39 is 0 Å². The molecule has 0 bridgehead atoms. The standard InChI is InChI=1S/C13H20N4O/c1-9(2)17-12-11(4-3-5-15-12)13(18)16-8-10-6-14-7-10/h3-5,9-10,14H,6-8H2,1-2H3,(H,15,17)(H,16,18). The number of amides is 1. The van der Waals surface area contributed by atoms with E-state index >= 15 is 0 Å². The van der Waals surface area contributed by atoms with E-state index in [1.165, 1.54) is 0 Å². The number of aromatic nitrogens is 1. The quantitative estimate of drug-likeness (QED) is 0.723. The Morgan fingerprint density at radius 3 is 2.94 bits per heavy atom. The summed E-state index contributed by atoms with van der Waals surface area (Å²) in [7, 11) is 0. The van der Waals surface area contributed by atoms with Gasteiger partial charge in [0.05, 0.1) is 5.56 Å². The van der Waals surface area contributed by atoms with Gasteiger partial charge in [0.15, 0.2) is 0 Å². The van der Waals surface area contributed by atoms with Gasteiger partial charge in [0, 0.05) is 37.8 Å². The maximum atomic E-state index is 12.1. The zero-order valence-electron chi connectivity index (χ0n) is 10.9. The summed E-state index contributed by atoms with van der Waals surface area (Å²) >= 11 is 0. The van der Waals surface area contributed by atoms with E-state index in [9.17, 15) is 4.79 Å². The van der Waals surface area contributed by atoms with E-state index in [0.29, 0.717) is 17.3 Å². The molecule has 0 aliphatic carbocycles. The van der Waals surface area contributed by atoms with E-state index in [2.05, 4.69) is 20.9 Å². The first-order chi connectivity index (χ1) is 8.66. The van der Waals surface area contributed by atoms with Crippen LogP contribution in [-0.2, 0) is 0 Å². The minimum atomic E-state index is -0.0573. The maximum Gasteiger partial charge on any atom is 0.255 e. The normalized spacial score (nSPS) is 15.3. The first kappa shape index (κ1) is 12.8. The molecule has 1 aromatic rings. The molecule has 2 heterocycles. The summed E-state index contributed by atoms with van der Waals surface area (Å²) in [5.74, 6) is 1.15. The van der Waals surface area contributed by atoms with Gasteiger partial charge in [-0.3, -0.25) is 4.79 Å². The summed E-state index contributed by atoms with van der Waals surface area (Å²) in [5, 5.41) is 9.33. The molecule has 1 amide bonds. The van der Waals surface area contributed by atoms with Crippen molar-refractivity contribution in [3.63, 3.8) is 0 Å². The molecule has 0 aromatic carbocycles. The van der Waals surface area contributed by atoms with Crippen molar-refractivity contribution in [2.75, 3.05) is 25.0 Å². The van der Waals surface area contributed by atoms with Crippen LogP contribution in [0, 0.1) is 5.92 Å². The van der Waals surface area contributed by atoms with Crippen molar-refractivity contribution >= 4 is 11.7 Å². The third-order valence-corrected chi connectivity index (χ3v) is 2.90. The Hall–Kier alpha value is -1.62. The molecule has 1 aromatic heterocycles. The fraction of sp³-hybridized carbons (Fsp3) is 0.538. The number of nitrogens with zero attached hydrogens (tertiary/aromatic N) is 1. The molecule has 5 nitrogen and oxygen atoms in total. The molecular weight excluding hydrogens is 228 g/mol. The number of hydrogen-bond acceptors (Lipinski definition) is 4. The van der Waals surface area contributed by atoms with Crippen LogP contribution in [0.5, 0.6) is 0 Å². The van der Waals surface area contributed by atoms with Gasteiger partial charge in [-0.1, -0.05) is 0 Å². The Labute approximate surface area is 107 Å². The van der Waals surface area contributed by atoms with Crippen molar-refractivity contribution in [1.29, 1.82) is 0 Å². The average molecular weight is 248 g/mol. The third-order valence-electron chi connectivity index (χ3n) is 2.90. The van der Waals surface area contributed by atoms with Crippen LogP contribution in [0.3, 0.4) is 0 Å². The van der Waals surface area contributed by atoms with Gasteiger partial charge in [-0.2, -0.15) is 0 Å². The molecule has 0 unspecified atom stereocenters. The lowest BCUT2D eigenvalue weighted by Crippen LogP contribution is -2.48. The Bertz CT molecular complexity index is 415. The van der Waals surface area contributed by atoms with Gasteiger partial charge in [0.25, 0.3) is 5.91 Å². The lowest BCUT2D eigenvalue weighted by molar-refractivity contribution is 0.0942. The van der Waals surface area contributed by atoms with Crippen LogP contribution in [0.4, 0.5) is 5.82 Å². The molecule has 1 aliphatic heterocycles. The number of rotatable bonds is 5. The van der Waals surface area contributed by atoms with Crippen LogP contribution in [0.2, 0.25) is 0 Å². The van der Waals surface area contributed by atoms with Gasteiger partial charge >= 0.3 is 0 Å². The predicted octanol–water partition coefficient (Wildman–Crippen LogP) is 0.851. The smallest absolute Gasteiger partial charge is 0.255 e. The summed E-state index contributed by atoms with van der Waals surface area (Å²) in [5.41, 5.74) is 0.610. The highest BCUT2D eigenvalue weighted by atomic mass is 16.1. The van der Waals surface area contributed by atoms with Crippen molar-refractivity contribution in [2.45, 2.75) is 19.9 Å². The molecule has 1 fully saturated rings. The molecule has 5 heteroatoms. The molecule has 0 saturated carbocycles. The van der Waals surface area contributed by atoms with Gasteiger partial charge in [-0.15, -0.1) is 0 Å². The second-order valence-corrected chi connectivity index (χ2v) is 4.93. The Balaban J connectivity index is 1.99. The summed E-state index contributed by atoms with van der Waals surface area (Å²) in [6.07, 6.45) is 1.69. The monoisotopic (exact) mass is 248 g/mol. The van der Waals surface area contributed by atoms with Crippen LogP contribution in [0.1, 0.15) is 24.2 Å². The number of carbonyl (C=O) groups is 1. The van der Waals surface area contributed by atoms with E-state index in [1.807, 2.05) is 13.8 Å². The average Bonchev–Trinajstić information content (AvgIpc) is 2.26. The number of pyridine rings is 1. The molecule has 0 spiro atoms. The van der Waals surface area contributed by atoms with Crippen LogP contribution in [0.15, 0.2) is 18.3 Å². The van der Waals surface area contributed by atoms with Crippen LogP contribution in [0.25, 0.3) is 0 Å². The molecule has 0 atom stereocenters. The minimum Gasteiger partial charge on any atom is -0.367 e. The van der Waals surface area contributed by atoms with Crippen LogP contribution in [-0.4, -0.2) is 36.6 Å². The predicted molar refractivity (Wildman–Crippen MR) is 71.7 cm³/mol. The zero-order chi connectivity index (χ0) is 13.0. The molecular formula is C13H20N4O. The number of nitrogens with one attached hydrogen (secondary N) is 3. The van der Waals surface area contributed by atoms with Crippen molar-refractivity contribution in [2.24, 2.45) is 5.92 Å². The molecule has 2 rings (SSSR count). The van der Waals surface area contributed by atoms with Gasteiger partial charge < -0.3 is 16.0 Å². The van der Waals surface area contributed by atoms with E-state index in [-0.39, 0.29) is 11.9 Å². The van der Waals surface area contributed by atoms with Gasteiger partial charge in [-0.25, -0.2) is 4.98 Å². The fourth-order valence-corrected chi connectivity index (χ4v) is 1.80. The summed E-state index contributed by atoms with van der Waals surface area (Å²) in [4.78, 5) is 16.3. The molecule has 1 saturated heterocycles. The number of anilines is 1. The van der Waals surface area contributed by atoms with Crippen molar-refractivity contribution in [3.05, 3.63) is 23.9 Å². The highest BCUT2D eigenvalue weighted by molar-refractivity contribution is 5.98. The lowest BCUT2D eigenvalue weighted by Gasteiger charge is -2.27. The van der Waals surface area contributed by atoms with E-state index in [0.717, 1.165) is 19.6 Å². The first-order valence-corrected chi connectivity index (χ1v) is 6.37. The maximum absolute atomic E-state index is 12.1. The second-order valence-electron chi connectivity index (χ2n) is 4.93. The lowest BCUT2D eigenvalue weighted by atomic mass is 10.0.